The molecular weight excluding hydrogens is 216 g/mol. The van der Waals surface area contributed by atoms with Crippen LogP contribution in [-0.2, 0) is 14.4 Å². The molecule has 0 aliphatic heterocycles. The van der Waals surface area contributed by atoms with E-state index in [-0.39, 0.29) is 12.0 Å². The largest absolute Gasteiger partial charge is 0.478 e. The van der Waals surface area contributed by atoms with Gasteiger partial charge >= 0.3 is 17.9 Å². The second-order valence-electron chi connectivity index (χ2n) is 2.98. The molecule has 0 aromatic heterocycles. The van der Waals surface area contributed by atoms with E-state index in [9.17, 15) is 14.4 Å². The third-order valence-electron chi connectivity index (χ3n) is 1.93. The molecule has 0 aromatic rings. The average Bonchev–Trinajstić information content (AvgIpc) is 2.17. The van der Waals surface area contributed by atoms with Crippen LogP contribution in [0.2, 0.25) is 0 Å². The number of carbonyl (C=O) groups is 3. The van der Waals surface area contributed by atoms with Gasteiger partial charge in [0.2, 0.25) is 0 Å². The van der Waals surface area contributed by atoms with Gasteiger partial charge in [-0.25, -0.2) is 14.4 Å². The fraction of sp³-hybridized carbons (Fsp3) is 0.300. The number of rotatable bonds is 5. The molecule has 0 aliphatic rings. The molecule has 6 heteroatoms. The molecular formula is C10H12O6. The summed E-state index contributed by atoms with van der Waals surface area (Å²) in [5, 5.41) is 26.1. The molecule has 0 rings (SSSR count). The Hall–Kier alpha value is -2.11. The summed E-state index contributed by atoms with van der Waals surface area (Å²) in [5.41, 5.74) is -1.08. The van der Waals surface area contributed by atoms with Crippen molar-refractivity contribution in [1.82, 2.24) is 0 Å². The van der Waals surface area contributed by atoms with Gasteiger partial charge in [0, 0.05) is 11.1 Å². The van der Waals surface area contributed by atoms with Crippen LogP contribution in [-0.4, -0.2) is 33.2 Å². The molecule has 88 valence electrons. The lowest BCUT2D eigenvalue weighted by atomic mass is 10.0. The summed E-state index contributed by atoms with van der Waals surface area (Å²) in [6.45, 7) is 2.65. The molecule has 16 heavy (non-hydrogen) atoms. The van der Waals surface area contributed by atoms with E-state index < -0.39 is 29.1 Å². The molecule has 0 saturated carbocycles. The lowest BCUT2D eigenvalue weighted by molar-refractivity contribution is -0.135. The smallest absolute Gasteiger partial charge is 0.336 e. The topological polar surface area (TPSA) is 112 Å². The van der Waals surface area contributed by atoms with Crippen molar-refractivity contribution in [3.05, 3.63) is 22.8 Å². The van der Waals surface area contributed by atoms with Crippen molar-refractivity contribution in [2.75, 3.05) is 0 Å². The van der Waals surface area contributed by atoms with Crippen molar-refractivity contribution in [3.8, 4) is 0 Å². The first-order valence-electron chi connectivity index (χ1n) is 4.42. The van der Waals surface area contributed by atoms with Gasteiger partial charge in [0.25, 0.3) is 0 Å². The van der Waals surface area contributed by atoms with Gasteiger partial charge < -0.3 is 15.3 Å². The molecule has 0 heterocycles. The van der Waals surface area contributed by atoms with Gasteiger partial charge in [-0.15, -0.1) is 0 Å². The van der Waals surface area contributed by atoms with Crippen molar-refractivity contribution in [1.29, 1.82) is 0 Å². The van der Waals surface area contributed by atoms with Gasteiger partial charge in [0.05, 0.1) is 5.57 Å². The van der Waals surface area contributed by atoms with Crippen molar-refractivity contribution >= 4 is 17.9 Å². The van der Waals surface area contributed by atoms with E-state index >= 15 is 0 Å². The molecule has 0 amide bonds. The maximum absolute atomic E-state index is 10.8. The molecule has 0 unspecified atom stereocenters. The van der Waals surface area contributed by atoms with Crippen molar-refractivity contribution in [3.63, 3.8) is 0 Å². The summed E-state index contributed by atoms with van der Waals surface area (Å²) >= 11 is 0. The Bertz CT molecular complexity index is 388. The summed E-state index contributed by atoms with van der Waals surface area (Å²) in [7, 11) is 0. The van der Waals surface area contributed by atoms with Crippen LogP contribution in [0.25, 0.3) is 0 Å². The molecule has 0 atom stereocenters. The Morgan fingerprint density at radius 2 is 1.50 bits per heavy atom. The zero-order chi connectivity index (χ0) is 12.9. The SMILES string of the molecule is CCC(=C/C(C(=O)O)=C(\C)C(=O)O)C(=O)O. The van der Waals surface area contributed by atoms with E-state index in [0.29, 0.717) is 0 Å². The highest BCUT2D eigenvalue weighted by molar-refractivity contribution is 6.02. The monoisotopic (exact) mass is 228 g/mol. The lowest BCUT2D eigenvalue weighted by Crippen LogP contribution is -2.10. The minimum absolute atomic E-state index is 0.110. The van der Waals surface area contributed by atoms with Crippen LogP contribution in [0.4, 0.5) is 0 Å². The summed E-state index contributed by atoms with van der Waals surface area (Å²) < 4.78 is 0. The highest BCUT2D eigenvalue weighted by Gasteiger charge is 2.16. The van der Waals surface area contributed by atoms with Crippen molar-refractivity contribution in [2.24, 2.45) is 0 Å². The number of carboxylic acids is 3. The fourth-order valence-electron chi connectivity index (χ4n) is 0.935. The average molecular weight is 228 g/mol. The highest BCUT2D eigenvalue weighted by atomic mass is 16.4. The second kappa shape index (κ2) is 5.69. The predicted octanol–water partition coefficient (Wildman–Crippen LogP) is 0.893. The van der Waals surface area contributed by atoms with Crippen molar-refractivity contribution in [2.45, 2.75) is 20.3 Å². The quantitative estimate of drug-likeness (QED) is 0.476. The first-order valence-corrected chi connectivity index (χ1v) is 4.42. The summed E-state index contributed by atoms with van der Waals surface area (Å²) in [5.74, 6) is -4.12. The Labute approximate surface area is 91.5 Å². The minimum atomic E-state index is -1.47. The standard InChI is InChI=1S/C10H12O6/c1-3-6(9(13)14)4-7(10(15)16)5(2)8(11)12/h4H,3H2,1-2H3,(H,11,12)(H,13,14)(H,15,16)/b6-4?,7-5-. The summed E-state index contributed by atoms with van der Waals surface area (Å²) in [6.07, 6.45) is 0.979. The van der Waals surface area contributed by atoms with Crippen molar-refractivity contribution < 1.29 is 29.7 Å². The first-order chi connectivity index (χ1) is 7.31. The number of carboxylic acid groups (broad SMARTS) is 3. The van der Waals surface area contributed by atoms with Gasteiger partial charge in [-0.3, -0.25) is 0 Å². The fourth-order valence-corrected chi connectivity index (χ4v) is 0.935. The molecule has 0 aromatic carbocycles. The van der Waals surface area contributed by atoms with Crippen LogP contribution in [0.1, 0.15) is 20.3 Å². The molecule has 3 N–H and O–H groups in total. The number of aliphatic carboxylic acids is 3. The van der Waals surface area contributed by atoms with E-state index in [4.69, 9.17) is 15.3 Å². The molecule has 6 nitrogen and oxygen atoms in total. The van der Waals surface area contributed by atoms with Crippen LogP contribution in [0.15, 0.2) is 22.8 Å². The van der Waals surface area contributed by atoms with E-state index in [1.54, 1.807) is 0 Å². The number of hydrogen-bond acceptors (Lipinski definition) is 3. The van der Waals surface area contributed by atoms with E-state index in [1.165, 1.54) is 6.92 Å². The minimum Gasteiger partial charge on any atom is -0.478 e. The maximum atomic E-state index is 10.8. The zero-order valence-electron chi connectivity index (χ0n) is 8.85. The van der Waals surface area contributed by atoms with E-state index in [0.717, 1.165) is 13.0 Å². The third kappa shape index (κ3) is 3.56. The molecule has 0 aliphatic carbocycles. The van der Waals surface area contributed by atoms with Crippen LogP contribution < -0.4 is 0 Å². The first kappa shape index (κ1) is 13.9. The van der Waals surface area contributed by atoms with Gasteiger partial charge in [0.1, 0.15) is 0 Å². The molecule has 0 spiro atoms. The van der Waals surface area contributed by atoms with Gasteiger partial charge in [-0.05, 0) is 19.4 Å². The van der Waals surface area contributed by atoms with Gasteiger partial charge in [0.15, 0.2) is 0 Å². The normalized spacial score (nSPS) is 13.0. The number of hydrogen-bond donors (Lipinski definition) is 3. The maximum Gasteiger partial charge on any atom is 0.336 e. The lowest BCUT2D eigenvalue weighted by Gasteiger charge is -2.02. The van der Waals surface area contributed by atoms with Gasteiger partial charge in [-0.2, -0.15) is 0 Å². The zero-order valence-corrected chi connectivity index (χ0v) is 8.85. The molecule has 0 saturated heterocycles. The third-order valence-corrected chi connectivity index (χ3v) is 1.93. The van der Waals surface area contributed by atoms with Gasteiger partial charge in [-0.1, -0.05) is 6.92 Å². The Balaban J connectivity index is 5.59. The second-order valence-corrected chi connectivity index (χ2v) is 2.98. The van der Waals surface area contributed by atoms with Crippen LogP contribution >= 0.6 is 0 Å². The summed E-state index contributed by atoms with van der Waals surface area (Å²) in [6, 6.07) is 0. The Morgan fingerprint density at radius 1 is 1.00 bits per heavy atom. The van der Waals surface area contributed by atoms with E-state index in [2.05, 4.69) is 0 Å². The van der Waals surface area contributed by atoms with Crippen LogP contribution in [0.3, 0.4) is 0 Å². The van der Waals surface area contributed by atoms with Crippen LogP contribution in [0.5, 0.6) is 0 Å². The molecule has 0 radical (unpaired) electrons. The summed E-state index contributed by atoms with van der Waals surface area (Å²) in [4.78, 5) is 32.0. The Morgan fingerprint density at radius 3 is 1.75 bits per heavy atom. The predicted molar refractivity (Wildman–Crippen MR) is 54.0 cm³/mol. The van der Waals surface area contributed by atoms with E-state index in [1.807, 2.05) is 0 Å². The Kier molecular flexibility index (Phi) is 4.94. The molecule has 0 bridgehead atoms. The van der Waals surface area contributed by atoms with Crippen LogP contribution in [0, 0.1) is 0 Å². The highest BCUT2D eigenvalue weighted by Crippen LogP contribution is 2.12. The molecule has 0 fully saturated rings.